The lowest BCUT2D eigenvalue weighted by molar-refractivity contribution is -0.137. The number of aromatic nitrogens is 1. The van der Waals surface area contributed by atoms with Gasteiger partial charge in [0.1, 0.15) is 0 Å². The molecule has 170 valence electrons. The summed E-state index contributed by atoms with van der Waals surface area (Å²) in [7, 11) is -4.00. The summed E-state index contributed by atoms with van der Waals surface area (Å²) < 4.78 is 65.3. The fraction of sp³-hybridized carbons (Fsp3) is 0.318. The van der Waals surface area contributed by atoms with Crippen LogP contribution in [0.3, 0.4) is 0 Å². The molecule has 4 nitrogen and oxygen atoms in total. The van der Waals surface area contributed by atoms with Crippen molar-refractivity contribution in [1.82, 2.24) is 4.98 Å². The van der Waals surface area contributed by atoms with Gasteiger partial charge in [-0.15, -0.1) is 11.3 Å². The van der Waals surface area contributed by atoms with Gasteiger partial charge in [-0.3, -0.25) is 0 Å². The summed E-state index contributed by atoms with van der Waals surface area (Å²) in [5.41, 5.74) is 1.99. The molecule has 3 aromatic rings. The molecule has 0 bridgehead atoms. The number of alkyl halides is 3. The fourth-order valence-corrected chi connectivity index (χ4v) is 6.93. The molecule has 1 aromatic heterocycles. The normalized spacial score (nSPS) is 15.8. The third-order valence-electron chi connectivity index (χ3n) is 5.52. The average molecular weight is 501 g/mol. The van der Waals surface area contributed by atoms with Gasteiger partial charge in [0.15, 0.2) is 15.0 Å². The molecule has 2 heterocycles. The van der Waals surface area contributed by atoms with Crippen LogP contribution in [-0.2, 0) is 16.0 Å². The van der Waals surface area contributed by atoms with Gasteiger partial charge in [0, 0.05) is 24.0 Å². The molecule has 0 atom stereocenters. The maximum atomic E-state index is 13.1. The molecular formula is C22H20ClF3N2O2S2. The van der Waals surface area contributed by atoms with Gasteiger partial charge in [0.05, 0.1) is 26.4 Å². The van der Waals surface area contributed by atoms with Crippen molar-refractivity contribution >= 4 is 37.9 Å². The number of rotatable bonds is 4. The number of thiazole rings is 1. The van der Waals surface area contributed by atoms with Gasteiger partial charge in [-0.2, -0.15) is 13.2 Å². The molecule has 0 unspecified atom stereocenters. The molecule has 0 radical (unpaired) electrons. The highest BCUT2D eigenvalue weighted by Gasteiger charge is 2.36. The SMILES string of the molecule is Cc1cccc(-c2csc(N3CCC(S(=O)(=O)c4cc(C(F)(F)F)ccc4Cl)CC3)n2)c1. The standard InChI is InChI=1S/C22H20ClF3N2O2S2/c1-14-3-2-4-15(11-14)19-13-31-21(27-19)28-9-7-17(8-10-28)32(29,30)20-12-16(22(24,25)26)5-6-18(20)23/h2-6,11-13,17H,7-10H2,1H3. The Balaban J connectivity index is 1.49. The third kappa shape index (κ3) is 4.65. The third-order valence-corrected chi connectivity index (χ3v) is 9.17. The first-order valence-corrected chi connectivity index (χ1v) is 12.7. The molecule has 1 fully saturated rings. The Morgan fingerprint density at radius 2 is 1.84 bits per heavy atom. The summed E-state index contributed by atoms with van der Waals surface area (Å²) in [6, 6.07) is 10.4. The summed E-state index contributed by atoms with van der Waals surface area (Å²) in [4.78, 5) is 6.25. The Morgan fingerprint density at radius 1 is 1.12 bits per heavy atom. The molecule has 0 amide bonds. The topological polar surface area (TPSA) is 50.3 Å². The second-order valence-electron chi connectivity index (χ2n) is 7.76. The van der Waals surface area contributed by atoms with E-state index in [4.69, 9.17) is 16.6 Å². The van der Waals surface area contributed by atoms with Crippen molar-refractivity contribution in [2.45, 2.75) is 36.1 Å². The van der Waals surface area contributed by atoms with Crippen molar-refractivity contribution in [2.24, 2.45) is 0 Å². The number of aryl methyl sites for hydroxylation is 1. The van der Waals surface area contributed by atoms with Crippen molar-refractivity contribution in [3.8, 4) is 11.3 Å². The number of hydrogen-bond acceptors (Lipinski definition) is 5. The van der Waals surface area contributed by atoms with Crippen molar-refractivity contribution in [1.29, 1.82) is 0 Å². The second kappa shape index (κ2) is 8.68. The number of benzene rings is 2. The van der Waals surface area contributed by atoms with Crippen LogP contribution in [0.2, 0.25) is 5.02 Å². The maximum Gasteiger partial charge on any atom is 0.416 e. The smallest absolute Gasteiger partial charge is 0.348 e. The molecule has 0 N–H and O–H groups in total. The van der Waals surface area contributed by atoms with Gasteiger partial charge in [-0.1, -0.05) is 35.4 Å². The highest BCUT2D eigenvalue weighted by atomic mass is 35.5. The summed E-state index contributed by atoms with van der Waals surface area (Å²) in [6.45, 7) is 2.90. The first-order chi connectivity index (χ1) is 15.1. The van der Waals surface area contributed by atoms with E-state index in [1.54, 1.807) is 0 Å². The number of nitrogens with zero attached hydrogens (tertiary/aromatic N) is 2. The number of sulfone groups is 1. The Bertz CT molecular complexity index is 1230. The maximum absolute atomic E-state index is 13.1. The van der Waals surface area contributed by atoms with Crippen molar-refractivity contribution in [3.05, 3.63) is 64.0 Å². The van der Waals surface area contributed by atoms with Gasteiger partial charge in [-0.25, -0.2) is 13.4 Å². The zero-order chi connectivity index (χ0) is 23.1. The van der Waals surface area contributed by atoms with Gasteiger partial charge >= 0.3 is 6.18 Å². The van der Waals surface area contributed by atoms with E-state index in [0.29, 0.717) is 19.2 Å². The van der Waals surface area contributed by atoms with E-state index >= 15 is 0 Å². The molecule has 0 spiro atoms. The lowest BCUT2D eigenvalue weighted by Gasteiger charge is -2.31. The van der Waals surface area contributed by atoms with E-state index in [2.05, 4.69) is 6.07 Å². The first-order valence-electron chi connectivity index (χ1n) is 9.94. The highest BCUT2D eigenvalue weighted by Crippen LogP contribution is 2.37. The van der Waals surface area contributed by atoms with E-state index in [1.165, 1.54) is 11.3 Å². The molecule has 4 rings (SSSR count). The molecule has 2 aromatic carbocycles. The van der Waals surface area contributed by atoms with Gasteiger partial charge in [0.25, 0.3) is 0 Å². The fourth-order valence-electron chi connectivity index (χ4n) is 3.78. The summed E-state index contributed by atoms with van der Waals surface area (Å²) in [5, 5.41) is 1.78. The Kier molecular flexibility index (Phi) is 6.26. The van der Waals surface area contributed by atoms with Crippen LogP contribution < -0.4 is 4.90 Å². The predicted octanol–water partition coefficient (Wildman–Crippen LogP) is 6.23. The van der Waals surface area contributed by atoms with E-state index in [0.717, 1.165) is 34.1 Å². The van der Waals surface area contributed by atoms with Crippen molar-refractivity contribution in [2.75, 3.05) is 18.0 Å². The van der Waals surface area contributed by atoms with Gasteiger partial charge in [-0.05, 0) is 44.0 Å². The van der Waals surface area contributed by atoms with Gasteiger partial charge < -0.3 is 4.90 Å². The molecule has 1 saturated heterocycles. The monoisotopic (exact) mass is 500 g/mol. The molecular weight excluding hydrogens is 481 g/mol. The van der Waals surface area contributed by atoms with E-state index in [1.807, 2.05) is 35.4 Å². The summed E-state index contributed by atoms with van der Waals surface area (Å²) in [5.74, 6) is 0. The van der Waals surface area contributed by atoms with Crippen LogP contribution in [0, 0.1) is 6.92 Å². The number of anilines is 1. The average Bonchev–Trinajstić information content (AvgIpc) is 3.23. The minimum absolute atomic E-state index is 0.192. The molecule has 0 saturated carbocycles. The number of piperidine rings is 1. The summed E-state index contributed by atoms with van der Waals surface area (Å²) >= 11 is 7.47. The molecule has 1 aliphatic heterocycles. The highest BCUT2D eigenvalue weighted by molar-refractivity contribution is 7.92. The Labute approximate surface area is 193 Å². The molecule has 32 heavy (non-hydrogen) atoms. The van der Waals surface area contributed by atoms with Crippen LogP contribution in [0.25, 0.3) is 11.3 Å². The van der Waals surface area contributed by atoms with E-state index < -0.39 is 31.7 Å². The quantitative estimate of drug-likeness (QED) is 0.426. The number of halogens is 4. The minimum Gasteiger partial charge on any atom is -0.348 e. The zero-order valence-corrected chi connectivity index (χ0v) is 19.5. The Hall–Kier alpha value is -2.10. The minimum atomic E-state index is -4.64. The van der Waals surface area contributed by atoms with Crippen molar-refractivity contribution in [3.63, 3.8) is 0 Å². The zero-order valence-electron chi connectivity index (χ0n) is 17.1. The van der Waals surface area contributed by atoms with Crippen molar-refractivity contribution < 1.29 is 21.6 Å². The lowest BCUT2D eigenvalue weighted by atomic mass is 10.1. The largest absolute Gasteiger partial charge is 0.416 e. The van der Waals surface area contributed by atoms with E-state index in [9.17, 15) is 21.6 Å². The van der Waals surface area contributed by atoms with Gasteiger partial charge in [0.2, 0.25) is 0 Å². The van der Waals surface area contributed by atoms with E-state index in [-0.39, 0.29) is 17.9 Å². The molecule has 1 aliphatic rings. The van der Waals surface area contributed by atoms with Crippen LogP contribution in [-0.4, -0.2) is 31.7 Å². The summed E-state index contributed by atoms with van der Waals surface area (Å²) in [6.07, 6.45) is -4.07. The van der Waals surface area contributed by atoms with Crippen LogP contribution in [0.1, 0.15) is 24.0 Å². The van der Waals surface area contributed by atoms with Crippen LogP contribution in [0.5, 0.6) is 0 Å². The molecule has 10 heteroatoms. The van der Waals surface area contributed by atoms with Crippen LogP contribution in [0.4, 0.5) is 18.3 Å². The first kappa shape index (κ1) is 23.1. The second-order valence-corrected chi connectivity index (χ2v) is 11.2. The van der Waals surface area contributed by atoms with Crippen LogP contribution >= 0.6 is 22.9 Å². The molecule has 0 aliphatic carbocycles. The number of hydrogen-bond donors (Lipinski definition) is 0. The van der Waals surface area contributed by atoms with Crippen LogP contribution in [0.15, 0.2) is 52.7 Å². The lowest BCUT2D eigenvalue weighted by Crippen LogP contribution is -2.39. The predicted molar refractivity (Wildman–Crippen MR) is 121 cm³/mol. The Morgan fingerprint density at radius 3 is 2.50 bits per heavy atom.